The van der Waals surface area contributed by atoms with Gasteiger partial charge in [0, 0.05) is 23.7 Å². The average molecular weight is 230 g/mol. The number of alkyl halides is 2. The van der Waals surface area contributed by atoms with Gasteiger partial charge in [0.1, 0.15) is 0 Å². The van der Waals surface area contributed by atoms with Gasteiger partial charge in [0.05, 0.1) is 10.5 Å². The number of nitrogens with two attached hydrogens (primary N) is 1. The van der Waals surface area contributed by atoms with Crippen LogP contribution in [0.25, 0.3) is 0 Å². The highest BCUT2D eigenvalue weighted by Gasteiger charge is 2.38. The SMILES string of the molecule is CC(C)C(F)(F)c1cc([N+](=O)[O-])ccc1N. The van der Waals surface area contributed by atoms with E-state index in [1.165, 1.54) is 13.8 Å². The quantitative estimate of drug-likeness (QED) is 0.493. The zero-order valence-corrected chi connectivity index (χ0v) is 8.91. The molecule has 0 aromatic heterocycles. The molecule has 0 aliphatic rings. The third-order valence-electron chi connectivity index (χ3n) is 2.33. The van der Waals surface area contributed by atoms with Crippen LogP contribution in [0.4, 0.5) is 20.2 Å². The van der Waals surface area contributed by atoms with E-state index < -0.39 is 22.3 Å². The Morgan fingerprint density at radius 3 is 2.44 bits per heavy atom. The minimum absolute atomic E-state index is 0.135. The van der Waals surface area contributed by atoms with E-state index in [-0.39, 0.29) is 11.4 Å². The number of non-ortho nitro benzene ring substituents is 1. The van der Waals surface area contributed by atoms with Gasteiger partial charge in [0.15, 0.2) is 0 Å². The average Bonchev–Trinajstić information content (AvgIpc) is 2.17. The summed E-state index contributed by atoms with van der Waals surface area (Å²) in [7, 11) is 0. The summed E-state index contributed by atoms with van der Waals surface area (Å²) in [5.41, 5.74) is 4.40. The number of anilines is 1. The number of rotatable bonds is 3. The fraction of sp³-hybridized carbons (Fsp3) is 0.400. The molecule has 0 unspecified atom stereocenters. The lowest BCUT2D eigenvalue weighted by Gasteiger charge is -2.21. The Bertz CT molecular complexity index is 419. The van der Waals surface area contributed by atoms with Crippen LogP contribution in [0.5, 0.6) is 0 Å². The van der Waals surface area contributed by atoms with Gasteiger partial charge in [-0.3, -0.25) is 10.1 Å². The van der Waals surface area contributed by atoms with E-state index in [1.54, 1.807) is 0 Å². The number of hydrogen-bond acceptors (Lipinski definition) is 3. The van der Waals surface area contributed by atoms with Gasteiger partial charge >= 0.3 is 0 Å². The molecule has 6 heteroatoms. The van der Waals surface area contributed by atoms with Crippen LogP contribution in [0.1, 0.15) is 19.4 Å². The first-order valence-corrected chi connectivity index (χ1v) is 4.69. The maximum Gasteiger partial charge on any atom is 0.277 e. The molecule has 16 heavy (non-hydrogen) atoms. The number of nitro benzene ring substituents is 1. The van der Waals surface area contributed by atoms with Crippen LogP contribution in [0.2, 0.25) is 0 Å². The van der Waals surface area contributed by atoms with Crippen molar-refractivity contribution in [1.29, 1.82) is 0 Å². The summed E-state index contributed by atoms with van der Waals surface area (Å²) in [4.78, 5) is 9.76. The van der Waals surface area contributed by atoms with E-state index in [2.05, 4.69) is 0 Å². The fourth-order valence-corrected chi connectivity index (χ4v) is 1.26. The van der Waals surface area contributed by atoms with E-state index in [0.717, 1.165) is 18.2 Å². The van der Waals surface area contributed by atoms with Crippen molar-refractivity contribution < 1.29 is 13.7 Å². The summed E-state index contributed by atoms with van der Waals surface area (Å²) in [6.07, 6.45) is 0. The van der Waals surface area contributed by atoms with Crippen molar-refractivity contribution in [2.45, 2.75) is 19.8 Å². The minimum Gasteiger partial charge on any atom is -0.398 e. The monoisotopic (exact) mass is 230 g/mol. The summed E-state index contributed by atoms with van der Waals surface area (Å²) in [5, 5.41) is 10.5. The summed E-state index contributed by atoms with van der Waals surface area (Å²) in [6.45, 7) is 2.66. The second-order valence-electron chi connectivity index (χ2n) is 3.81. The molecule has 0 saturated heterocycles. The van der Waals surface area contributed by atoms with Crippen LogP contribution in [0.3, 0.4) is 0 Å². The maximum absolute atomic E-state index is 13.7. The number of benzene rings is 1. The van der Waals surface area contributed by atoms with Gasteiger partial charge in [-0.2, -0.15) is 0 Å². The topological polar surface area (TPSA) is 69.2 Å². The molecule has 88 valence electrons. The third kappa shape index (κ3) is 2.10. The van der Waals surface area contributed by atoms with Gasteiger partial charge in [0.2, 0.25) is 0 Å². The predicted octanol–water partition coefficient (Wildman–Crippen LogP) is 2.92. The second-order valence-corrected chi connectivity index (χ2v) is 3.81. The number of nitrogens with zero attached hydrogens (tertiary/aromatic N) is 1. The molecular weight excluding hydrogens is 218 g/mol. The van der Waals surface area contributed by atoms with Gasteiger partial charge in [-0.15, -0.1) is 0 Å². The summed E-state index contributed by atoms with van der Waals surface area (Å²) in [5.74, 6) is -4.15. The van der Waals surface area contributed by atoms with Gasteiger partial charge in [-0.25, -0.2) is 8.78 Å². The Morgan fingerprint density at radius 1 is 1.44 bits per heavy atom. The van der Waals surface area contributed by atoms with Crippen molar-refractivity contribution in [3.63, 3.8) is 0 Å². The van der Waals surface area contributed by atoms with E-state index in [4.69, 9.17) is 5.73 Å². The first-order valence-electron chi connectivity index (χ1n) is 4.69. The van der Waals surface area contributed by atoms with Crippen molar-refractivity contribution in [2.75, 3.05) is 5.73 Å². The van der Waals surface area contributed by atoms with Crippen LogP contribution in [-0.2, 0) is 5.92 Å². The molecule has 1 aromatic carbocycles. The fourth-order valence-electron chi connectivity index (χ4n) is 1.26. The second kappa shape index (κ2) is 4.03. The van der Waals surface area contributed by atoms with E-state index in [1.807, 2.05) is 0 Å². The van der Waals surface area contributed by atoms with Crippen LogP contribution in [0, 0.1) is 16.0 Å². The van der Waals surface area contributed by atoms with Crippen LogP contribution in [-0.4, -0.2) is 4.92 Å². The molecule has 0 spiro atoms. The number of nitrogen functional groups attached to an aromatic ring is 1. The number of halogens is 2. The van der Waals surface area contributed by atoms with Gasteiger partial charge in [-0.1, -0.05) is 13.8 Å². The smallest absolute Gasteiger partial charge is 0.277 e. The highest BCUT2D eigenvalue weighted by molar-refractivity contribution is 5.54. The normalized spacial score (nSPS) is 11.8. The van der Waals surface area contributed by atoms with E-state index in [9.17, 15) is 18.9 Å². The number of nitro groups is 1. The molecule has 0 fully saturated rings. The molecular formula is C10H12F2N2O2. The predicted molar refractivity (Wildman–Crippen MR) is 56.2 cm³/mol. The molecule has 0 bridgehead atoms. The lowest BCUT2D eigenvalue weighted by atomic mass is 9.96. The Morgan fingerprint density at radius 2 is 2.00 bits per heavy atom. The molecule has 4 nitrogen and oxygen atoms in total. The molecule has 0 atom stereocenters. The first kappa shape index (κ1) is 12.4. The molecule has 0 aliphatic heterocycles. The lowest BCUT2D eigenvalue weighted by Crippen LogP contribution is -2.22. The number of hydrogen-bond donors (Lipinski definition) is 1. The molecule has 1 aromatic rings. The summed E-state index contributed by atoms with van der Waals surface area (Å²) >= 11 is 0. The van der Waals surface area contributed by atoms with Crippen molar-refractivity contribution in [2.24, 2.45) is 5.92 Å². The Balaban J connectivity index is 3.32. The minimum atomic E-state index is -3.17. The summed E-state index contributed by atoms with van der Waals surface area (Å²) in [6, 6.07) is 3.06. The largest absolute Gasteiger partial charge is 0.398 e. The van der Waals surface area contributed by atoms with E-state index >= 15 is 0 Å². The Kier molecular flexibility index (Phi) is 3.11. The molecule has 0 saturated carbocycles. The van der Waals surface area contributed by atoms with Crippen LogP contribution in [0.15, 0.2) is 18.2 Å². The van der Waals surface area contributed by atoms with Crippen molar-refractivity contribution in [3.05, 3.63) is 33.9 Å². The highest BCUT2D eigenvalue weighted by Crippen LogP contribution is 2.40. The maximum atomic E-state index is 13.7. The summed E-state index contributed by atoms with van der Waals surface area (Å²) < 4.78 is 27.4. The van der Waals surface area contributed by atoms with Crippen molar-refractivity contribution in [3.8, 4) is 0 Å². The first-order chi connectivity index (χ1) is 7.26. The zero-order valence-electron chi connectivity index (χ0n) is 8.91. The molecule has 0 amide bonds. The molecule has 1 rings (SSSR count). The molecule has 0 aliphatic carbocycles. The molecule has 2 N–H and O–H groups in total. The third-order valence-corrected chi connectivity index (χ3v) is 2.33. The molecule has 0 heterocycles. The Labute approximate surface area is 91.2 Å². The van der Waals surface area contributed by atoms with Crippen LogP contribution >= 0.6 is 0 Å². The standard InChI is InChI=1S/C10H12F2N2O2/c1-6(2)10(11,12)8-5-7(14(15)16)3-4-9(8)13/h3-6H,13H2,1-2H3. The Hall–Kier alpha value is -1.72. The lowest BCUT2D eigenvalue weighted by molar-refractivity contribution is -0.385. The van der Waals surface area contributed by atoms with Gasteiger partial charge < -0.3 is 5.73 Å². The zero-order chi connectivity index (χ0) is 12.5. The van der Waals surface area contributed by atoms with Gasteiger partial charge in [-0.05, 0) is 6.07 Å². The highest BCUT2D eigenvalue weighted by atomic mass is 19.3. The van der Waals surface area contributed by atoms with Crippen molar-refractivity contribution in [1.82, 2.24) is 0 Å². The van der Waals surface area contributed by atoms with Crippen molar-refractivity contribution >= 4 is 11.4 Å². The molecule has 0 radical (unpaired) electrons. The van der Waals surface area contributed by atoms with Gasteiger partial charge in [0.25, 0.3) is 11.6 Å². The van der Waals surface area contributed by atoms with E-state index in [0.29, 0.717) is 0 Å². The van der Waals surface area contributed by atoms with Crippen LogP contribution < -0.4 is 5.73 Å².